The van der Waals surface area contributed by atoms with Gasteiger partial charge in [0.25, 0.3) is 0 Å². The lowest BCUT2D eigenvalue weighted by atomic mass is 9.99. The van der Waals surface area contributed by atoms with Crippen molar-refractivity contribution in [1.29, 1.82) is 0 Å². The van der Waals surface area contributed by atoms with Crippen LogP contribution in [0.2, 0.25) is 0 Å². The highest BCUT2D eigenvalue weighted by molar-refractivity contribution is 6.00. The SMILES string of the molecule is NC(=O)c1ccccc1-c1ccc2nc(/C=C/c3ccc(C(F)(F)F)cc3)[nH]c2c1. The molecule has 0 radical (unpaired) electrons. The second-order valence-electron chi connectivity index (χ2n) is 6.72. The van der Waals surface area contributed by atoms with Crippen molar-refractivity contribution in [3.63, 3.8) is 0 Å². The van der Waals surface area contributed by atoms with Crippen LogP contribution < -0.4 is 5.73 Å². The number of alkyl halides is 3. The van der Waals surface area contributed by atoms with Crippen molar-refractivity contribution in [2.24, 2.45) is 5.73 Å². The van der Waals surface area contributed by atoms with E-state index in [-0.39, 0.29) is 0 Å². The molecule has 0 spiro atoms. The smallest absolute Gasteiger partial charge is 0.366 e. The number of nitrogens with two attached hydrogens (primary N) is 1. The van der Waals surface area contributed by atoms with Gasteiger partial charge in [0, 0.05) is 5.56 Å². The fourth-order valence-electron chi connectivity index (χ4n) is 3.18. The Bertz CT molecular complexity index is 1250. The van der Waals surface area contributed by atoms with Crippen molar-refractivity contribution >= 4 is 29.1 Å². The number of nitrogens with zero attached hydrogens (tertiary/aromatic N) is 1. The Labute approximate surface area is 169 Å². The van der Waals surface area contributed by atoms with Gasteiger partial charge in [0.05, 0.1) is 16.6 Å². The zero-order valence-corrected chi connectivity index (χ0v) is 15.6. The van der Waals surface area contributed by atoms with Gasteiger partial charge in [-0.05, 0) is 53.1 Å². The molecule has 0 unspecified atom stereocenters. The number of hydrogen-bond acceptors (Lipinski definition) is 2. The number of fused-ring (bicyclic) bond motifs is 1. The quantitative estimate of drug-likeness (QED) is 0.468. The van der Waals surface area contributed by atoms with Crippen molar-refractivity contribution in [2.75, 3.05) is 0 Å². The predicted octanol–water partition coefficient (Wildman–Crippen LogP) is 5.52. The van der Waals surface area contributed by atoms with Gasteiger partial charge in [-0.1, -0.05) is 42.5 Å². The number of amides is 1. The van der Waals surface area contributed by atoms with Crippen LogP contribution in [0.25, 0.3) is 34.3 Å². The van der Waals surface area contributed by atoms with Crippen LogP contribution in [-0.4, -0.2) is 15.9 Å². The van der Waals surface area contributed by atoms with Gasteiger partial charge in [0.1, 0.15) is 5.82 Å². The number of rotatable bonds is 4. The second-order valence-corrected chi connectivity index (χ2v) is 6.72. The summed E-state index contributed by atoms with van der Waals surface area (Å²) in [6, 6.07) is 17.5. The first-order chi connectivity index (χ1) is 14.3. The molecule has 150 valence electrons. The molecule has 0 bridgehead atoms. The average molecular weight is 407 g/mol. The van der Waals surface area contributed by atoms with Crippen LogP contribution in [0.5, 0.6) is 0 Å². The third-order valence-corrected chi connectivity index (χ3v) is 4.68. The number of halogens is 3. The van der Waals surface area contributed by atoms with E-state index in [0.29, 0.717) is 17.0 Å². The molecule has 0 saturated carbocycles. The monoisotopic (exact) mass is 407 g/mol. The third-order valence-electron chi connectivity index (χ3n) is 4.68. The molecule has 0 atom stereocenters. The molecule has 3 aromatic carbocycles. The van der Waals surface area contributed by atoms with Gasteiger partial charge in [0.2, 0.25) is 5.91 Å². The van der Waals surface area contributed by atoms with Crippen molar-refractivity contribution in [1.82, 2.24) is 9.97 Å². The van der Waals surface area contributed by atoms with E-state index in [1.165, 1.54) is 12.1 Å². The number of carbonyl (C=O) groups excluding carboxylic acids is 1. The van der Waals surface area contributed by atoms with E-state index in [9.17, 15) is 18.0 Å². The summed E-state index contributed by atoms with van der Waals surface area (Å²) in [5, 5.41) is 0. The van der Waals surface area contributed by atoms with Crippen LogP contribution in [-0.2, 0) is 6.18 Å². The van der Waals surface area contributed by atoms with Gasteiger partial charge in [-0.2, -0.15) is 13.2 Å². The number of aromatic amines is 1. The van der Waals surface area contributed by atoms with Crippen LogP contribution in [0.3, 0.4) is 0 Å². The van der Waals surface area contributed by atoms with Gasteiger partial charge in [-0.25, -0.2) is 4.98 Å². The van der Waals surface area contributed by atoms with Crippen LogP contribution in [0, 0.1) is 0 Å². The van der Waals surface area contributed by atoms with E-state index in [1.807, 2.05) is 30.3 Å². The molecular formula is C23H16F3N3O. The predicted molar refractivity (Wildman–Crippen MR) is 110 cm³/mol. The molecule has 0 fully saturated rings. The average Bonchev–Trinajstić information content (AvgIpc) is 3.14. The van der Waals surface area contributed by atoms with E-state index in [0.717, 1.165) is 34.3 Å². The van der Waals surface area contributed by atoms with Crippen LogP contribution >= 0.6 is 0 Å². The van der Waals surface area contributed by atoms with E-state index >= 15 is 0 Å². The highest BCUT2D eigenvalue weighted by atomic mass is 19.4. The Morgan fingerprint density at radius 2 is 1.70 bits per heavy atom. The van der Waals surface area contributed by atoms with Crippen LogP contribution in [0.15, 0.2) is 66.7 Å². The summed E-state index contributed by atoms with van der Waals surface area (Å²) in [5.41, 5.74) is 8.86. The zero-order chi connectivity index (χ0) is 21.3. The Kier molecular flexibility index (Phi) is 4.87. The largest absolute Gasteiger partial charge is 0.416 e. The summed E-state index contributed by atoms with van der Waals surface area (Å²) in [5.74, 6) is 0.0562. The maximum atomic E-state index is 12.7. The first-order valence-corrected chi connectivity index (χ1v) is 9.05. The Morgan fingerprint density at radius 1 is 0.967 bits per heavy atom. The first-order valence-electron chi connectivity index (χ1n) is 9.05. The molecule has 4 aromatic rings. The van der Waals surface area contributed by atoms with Crippen molar-refractivity contribution in [3.05, 3.63) is 89.2 Å². The minimum atomic E-state index is -4.36. The third kappa shape index (κ3) is 3.96. The molecule has 0 aliphatic heterocycles. The fraction of sp³-hybridized carbons (Fsp3) is 0.0435. The molecule has 7 heteroatoms. The molecule has 1 amide bonds. The Hall–Kier alpha value is -3.87. The topological polar surface area (TPSA) is 71.8 Å². The fourth-order valence-corrected chi connectivity index (χ4v) is 3.18. The summed E-state index contributed by atoms with van der Waals surface area (Å²) in [7, 11) is 0. The number of primary amides is 1. The number of hydrogen-bond donors (Lipinski definition) is 2. The molecule has 0 saturated heterocycles. The second kappa shape index (κ2) is 7.51. The summed E-state index contributed by atoms with van der Waals surface area (Å²) < 4.78 is 38.0. The summed E-state index contributed by atoms with van der Waals surface area (Å²) >= 11 is 0. The molecule has 1 aromatic heterocycles. The molecule has 1 heterocycles. The van der Waals surface area contributed by atoms with Crippen molar-refractivity contribution < 1.29 is 18.0 Å². The summed E-state index contributed by atoms with van der Waals surface area (Å²) in [6.07, 6.45) is -0.980. The molecule has 3 N–H and O–H groups in total. The minimum absolute atomic E-state index is 0.429. The van der Waals surface area contributed by atoms with Gasteiger partial charge < -0.3 is 10.7 Å². The van der Waals surface area contributed by atoms with E-state index in [2.05, 4.69) is 9.97 Å². The standard InChI is InChI=1S/C23H16F3N3O/c24-23(25,26)16-9-5-14(6-10-16)7-12-21-28-19-11-8-15(13-20(19)29-21)17-3-1-2-4-18(17)22(27)30/h1-13H,(H2,27,30)(H,28,29)/b12-7+. The Balaban J connectivity index is 1.62. The maximum absolute atomic E-state index is 12.7. The van der Waals surface area contributed by atoms with Gasteiger partial charge in [0.15, 0.2) is 0 Å². The number of benzene rings is 3. The lowest BCUT2D eigenvalue weighted by molar-refractivity contribution is -0.137. The van der Waals surface area contributed by atoms with Crippen molar-refractivity contribution in [3.8, 4) is 11.1 Å². The number of nitrogens with one attached hydrogen (secondary N) is 1. The molecule has 0 aliphatic carbocycles. The van der Waals surface area contributed by atoms with Crippen LogP contribution in [0.1, 0.15) is 27.3 Å². The summed E-state index contributed by atoms with van der Waals surface area (Å²) in [6.45, 7) is 0. The van der Waals surface area contributed by atoms with E-state index < -0.39 is 17.6 Å². The van der Waals surface area contributed by atoms with Crippen LogP contribution in [0.4, 0.5) is 13.2 Å². The molecule has 4 rings (SSSR count). The molecule has 30 heavy (non-hydrogen) atoms. The minimum Gasteiger partial charge on any atom is -0.366 e. The zero-order valence-electron chi connectivity index (χ0n) is 15.6. The number of carbonyl (C=O) groups is 1. The lowest BCUT2D eigenvalue weighted by Crippen LogP contribution is -2.12. The summed E-state index contributed by atoms with van der Waals surface area (Å²) in [4.78, 5) is 19.3. The van der Waals surface area contributed by atoms with Gasteiger partial charge in [-0.15, -0.1) is 0 Å². The molecule has 0 aliphatic rings. The lowest BCUT2D eigenvalue weighted by Gasteiger charge is -2.06. The van der Waals surface area contributed by atoms with E-state index in [4.69, 9.17) is 5.73 Å². The number of imidazole rings is 1. The Morgan fingerprint density at radius 3 is 2.40 bits per heavy atom. The van der Waals surface area contributed by atoms with Gasteiger partial charge >= 0.3 is 6.18 Å². The normalized spacial score (nSPS) is 12.0. The van der Waals surface area contributed by atoms with Crippen molar-refractivity contribution in [2.45, 2.75) is 6.18 Å². The molecular weight excluding hydrogens is 391 g/mol. The first kappa shape index (κ1) is 19.4. The van der Waals surface area contributed by atoms with E-state index in [1.54, 1.807) is 24.3 Å². The molecule has 4 nitrogen and oxygen atoms in total. The number of H-pyrrole nitrogens is 1. The number of aromatic nitrogens is 2. The van der Waals surface area contributed by atoms with Gasteiger partial charge in [-0.3, -0.25) is 4.79 Å². The highest BCUT2D eigenvalue weighted by Gasteiger charge is 2.29. The maximum Gasteiger partial charge on any atom is 0.416 e. The highest BCUT2D eigenvalue weighted by Crippen LogP contribution is 2.29.